The third-order valence-electron chi connectivity index (χ3n) is 4.66. The van der Waals surface area contributed by atoms with Crippen molar-refractivity contribution in [3.8, 4) is 17.6 Å². The van der Waals surface area contributed by atoms with Crippen LogP contribution in [0.3, 0.4) is 0 Å². The van der Waals surface area contributed by atoms with Gasteiger partial charge in [0.05, 0.1) is 23.2 Å². The average molecular weight is 540 g/mol. The van der Waals surface area contributed by atoms with Crippen LogP contribution in [0.25, 0.3) is 11.6 Å². The first-order chi connectivity index (χ1) is 16.8. The number of non-ortho nitro benzene ring substituents is 1. The molecule has 1 N–H and O–H groups in total. The van der Waals surface area contributed by atoms with E-state index in [-0.39, 0.29) is 17.9 Å². The molecule has 35 heavy (non-hydrogen) atoms. The fourth-order valence-electron chi connectivity index (χ4n) is 3.01. The standard InChI is InChI=1S/C25H19BrFN3O5/c1-2-34-23-12-17(11-18(14-28)16-3-9-21(10-4-16)30(32)33)22(26)13-24(23)35-15-25(31)29-20-7-5-19(27)6-8-20/h3-13H,2,15H2,1H3,(H,29,31)/b18-11-. The number of allylic oxidation sites excluding steroid dienone is 1. The normalized spacial score (nSPS) is 10.9. The summed E-state index contributed by atoms with van der Waals surface area (Å²) in [5, 5.41) is 23.1. The second-order valence-electron chi connectivity index (χ2n) is 7.07. The molecule has 10 heteroatoms. The molecule has 0 radical (unpaired) electrons. The van der Waals surface area contributed by atoms with E-state index < -0.39 is 16.6 Å². The minimum Gasteiger partial charge on any atom is -0.490 e. The molecule has 0 saturated heterocycles. The molecule has 178 valence electrons. The molecule has 3 aromatic rings. The van der Waals surface area contributed by atoms with Crippen LogP contribution >= 0.6 is 15.9 Å². The Morgan fingerprint density at radius 1 is 1.14 bits per heavy atom. The van der Waals surface area contributed by atoms with Crippen molar-refractivity contribution in [1.82, 2.24) is 0 Å². The van der Waals surface area contributed by atoms with Gasteiger partial charge in [0, 0.05) is 22.3 Å². The number of hydrogen-bond donors (Lipinski definition) is 1. The lowest BCUT2D eigenvalue weighted by Crippen LogP contribution is -2.20. The van der Waals surface area contributed by atoms with Gasteiger partial charge in [-0.15, -0.1) is 0 Å². The Hall–Kier alpha value is -4.23. The van der Waals surface area contributed by atoms with E-state index in [0.29, 0.717) is 39.4 Å². The monoisotopic (exact) mass is 539 g/mol. The van der Waals surface area contributed by atoms with E-state index in [1.165, 1.54) is 48.5 Å². The Bertz CT molecular complexity index is 1300. The number of halogens is 2. The number of rotatable bonds is 9. The van der Waals surface area contributed by atoms with Crippen LogP contribution in [-0.4, -0.2) is 24.0 Å². The van der Waals surface area contributed by atoms with Gasteiger partial charge in [-0.3, -0.25) is 14.9 Å². The molecule has 0 unspecified atom stereocenters. The van der Waals surface area contributed by atoms with Crippen molar-refractivity contribution in [3.05, 3.63) is 92.2 Å². The molecule has 3 aromatic carbocycles. The van der Waals surface area contributed by atoms with Crippen LogP contribution in [-0.2, 0) is 4.79 Å². The Balaban J connectivity index is 1.81. The molecule has 8 nitrogen and oxygen atoms in total. The highest BCUT2D eigenvalue weighted by Crippen LogP contribution is 2.36. The third kappa shape index (κ3) is 6.88. The van der Waals surface area contributed by atoms with Crippen molar-refractivity contribution in [2.45, 2.75) is 6.92 Å². The largest absolute Gasteiger partial charge is 0.490 e. The second-order valence-corrected chi connectivity index (χ2v) is 7.93. The molecule has 0 heterocycles. The number of carbonyl (C=O) groups is 1. The van der Waals surface area contributed by atoms with E-state index in [4.69, 9.17) is 9.47 Å². The molecular formula is C25H19BrFN3O5. The van der Waals surface area contributed by atoms with Crippen LogP contribution in [0, 0.1) is 27.3 Å². The number of nitro groups is 1. The molecule has 0 aliphatic carbocycles. The Morgan fingerprint density at radius 3 is 2.40 bits per heavy atom. The van der Waals surface area contributed by atoms with Crippen molar-refractivity contribution in [2.24, 2.45) is 0 Å². The van der Waals surface area contributed by atoms with Crippen LogP contribution in [0.2, 0.25) is 0 Å². The number of anilines is 1. The number of ether oxygens (including phenoxy) is 2. The van der Waals surface area contributed by atoms with Gasteiger partial charge in [-0.1, -0.05) is 15.9 Å². The van der Waals surface area contributed by atoms with Gasteiger partial charge >= 0.3 is 0 Å². The molecule has 0 saturated carbocycles. The summed E-state index contributed by atoms with van der Waals surface area (Å²) < 4.78 is 24.9. The molecule has 0 aliphatic heterocycles. The highest BCUT2D eigenvalue weighted by molar-refractivity contribution is 9.10. The van der Waals surface area contributed by atoms with E-state index in [9.17, 15) is 24.6 Å². The molecule has 0 aliphatic rings. The van der Waals surface area contributed by atoms with Crippen LogP contribution < -0.4 is 14.8 Å². The molecule has 0 atom stereocenters. The fraction of sp³-hybridized carbons (Fsp3) is 0.120. The summed E-state index contributed by atoms with van der Waals surface area (Å²) in [4.78, 5) is 22.6. The SMILES string of the molecule is CCOc1cc(/C=C(/C#N)c2ccc([N+](=O)[O-])cc2)c(Br)cc1OCC(=O)Nc1ccc(F)cc1. The minimum atomic E-state index is -0.511. The second kappa shape index (κ2) is 11.8. The summed E-state index contributed by atoms with van der Waals surface area (Å²) in [6.45, 7) is 1.81. The third-order valence-corrected chi connectivity index (χ3v) is 5.35. The Morgan fingerprint density at radius 2 is 1.80 bits per heavy atom. The number of nitriles is 1. The number of nitrogens with zero attached hydrogens (tertiary/aromatic N) is 2. The summed E-state index contributed by atoms with van der Waals surface area (Å²) >= 11 is 3.45. The number of nitrogens with one attached hydrogen (secondary N) is 1. The number of amides is 1. The number of benzene rings is 3. The molecule has 0 spiro atoms. The molecular weight excluding hydrogens is 521 g/mol. The zero-order valence-electron chi connectivity index (χ0n) is 18.5. The zero-order valence-corrected chi connectivity index (χ0v) is 20.0. The van der Waals surface area contributed by atoms with Crippen molar-refractivity contribution < 1.29 is 23.6 Å². The van der Waals surface area contributed by atoms with Crippen molar-refractivity contribution in [3.63, 3.8) is 0 Å². The molecule has 1 amide bonds. The van der Waals surface area contributed by atoms with Gasteiger partial charge in [0.2, 0.25) is 0 Å². The van der Waals surface area contributed by atoms with E-state index in [2.05, 4.69) is 27.3 Å². The Labute approximate surface area is 208 Å². The smallest absolute Gasteiger partial charge is 0.269 e. The van der Waals surface area contributed by atoms with Crippen LogP contribution in [0.1, 0.15) is 18.1 Å². The molecule has 0 aromatic heterocycles. The highest BCUT2D eigenvalue weighted by atomic mass is 79.9. The topological polar surface area (TPSA) is 114 Å². The van der Waals surface area contributed by atoms with Gasteiger partial charge < -0.3 is 14.8 Å². The summed E-state index contributed by atoms with van der Waals surface area (Å²) in [5.74, 6) is -0.187. The van der Waals surface area contributed by atoms with Gasteiger partial charge in [-0.25, -0.2) is 4.39 Å². The van der Waals surface area contributed by atoms with Crippen molar-refractivity contribution >= 4 is 44.9 Å². The quantitative estimate of drug-likeness (QED) is 0.155. The number of carbonyl (C=O) groups excluding carboxylic acids is 1. The number of hydrogen-bond acceptors (Lipinski definition) is 6. The summed E-state index contributed by atoms with van der Waals surface area (Å²) in [7, 11) is 0. The molecule has 0 fully saturated rings. The van der Waals surface area contributed by atoms with Crippen LogP contribution in [0.15, 0.2) is 65.1 Å². The molecule has 0 bridgehead atoms. The summed E-state index contributed by atoms with van der Waals surface area (Å²) in [5.41, 5.74) is 1.76. The lowest BCUT2D eigenvalue weighted by molar-refractivity contribution is -0.384. The van der Waals surface area contributed by atoms with Crippen molar-refractivity contribution in [1.29, 1.82) is 5.26 Å². The van der Waals surface area contributed by atoms with E-state index in [1.54, 1.807) is 25.1 Å². The minimum absolute atomic E-state index is 0.0733. The van der Waals surface area contributed by atoms with Crippen LogP contribution in [0.4, 0.5) is 15.8 Å². The van der Waals surface area contributed by atoms with E-state index in [0.717, 1.165) is 0 Å². The van der Waals surface area contributed by atoms with E-state index in [1.807, 2.05) is 0 Å². The van der Waals surface area contributed by atoms with Gasteiger partial charge in [0.25, 0.3) is 11.6 Å². The predicted octanol–water partition coefficient (Wildman–Crippen LogP) is 5.98. The van der Waals surface area contributed by atoms with Gasteiger partial charge in [-0.05, 0) is 72.7 Å². The average Bonchev–Trinajstić information content (AvgIpc) is 2.84. The van der Waals surface area contributed by atoms with Crippen molar-refractivity contribution in [2.75, 3.05) is 18.5 Å². The maximum atomic E-state index is 13.0. The summed E-state index contributed by atoms with van der Waals surface area (Å²) in [6.07, 6.45) is 1.61. The van der Waals surface area contributed by atoms with Gasteiger partial charge in [0.15, 0.2) is 18.1 Å². The van der Waals surface area contributed by atoms with Gasteiger partial charge in [0.1, 0.15) is 5.82 Å². The number of nitro benzene ring substituents is 1. The first-order valence-corrected chi connectivity index (χ1v) is 11.1. The maximum absolute atomic E-state index is 13.0. The summed E-state index contributed by atoms with van der Waals surface area (Å²) in [6, 6.07) is 16.4. The highest BCUT2D eigenvalue weighted by Gasteiger charge is 2.14. The van der Waals surface area contributed by atoms with E-state index >= 15 is 0 Å². The lowest BCUT2D eigenvalue weighted by atomic mass is 10.0. The van der Waals surface area contributed by atoms with Crippen LogP contribution in [0.5, 0.6) is 11.5 Å². The first kappa shape index (κ1) is 25.4. The maximum Gasteiger partial charge on any atom is 0.269 e. The predicted molar refractivity (Wildman–Crippen MR) is 132 cm³/mol. The Kier molecular flexibility index (Phi) is 8.53. The zero-order chi connectivity index (χ0) is 25.4. The first-order valence-electron chi connectivity index (χ1n) is 10.3. The van der Waals surface area contributed by atoms with Gasteiger partial charge in [-0.2, -0.15) is 5.26 Å². The lowest BCUT2D eigenvalue weighted by Gasteiger charge is -2.14. The molecule has 3 rings (SSSR count). The fourth-order valence-corrected chi connectivity index (χ4v) is 3.45.